The second kappa shape index (κ2) is 8.61. The summed E-state index contributed by atoms with van der Waals surface area (Å²) in [7, 11) is 0. The van der Waals surface area contributed by atoms with Crippen molar-refractivity contribution in [2.45, 2.75) is 25.8 Å². The van der Waals surface area contributed by atoms with Crippen molar-refractivity contribution in [2.75, 3.05) is 6.61 Å². The summed E-state index contributed by atoms with van der Waals surface area (Å²) in [6, 6.07) is 5.14. The van der Waals surface area contributed by atoms with Crippen molar-refractivity contribution in [1.29, 1.82) is 0 Å². The van der Waals surface area contributed by atoms with Crippen LogP contribution in [-0.4, -0.2) is 30.4 Å². The second-order valence-corrected chi connectivity index (χ2v) is 4.59. The zero-order valence-corrected chi connectivity index (χ0v) is 12.5. The van der Waals surface area contributed by atoms with Crippen LogP contribution in [0.5, 0.6) is 0 Å². The molecular weight excluding hydrogens is 284 g/mol. The van der Waals surface area contributed by atoms with E-state index in [1.54, 1.807) is 13.0 Å². The Morgan fingerprint density at radius 3 is 2.36 bits per heavy atom. The predicted molar refractivity (Wildman–Crippen MR) is 82.3 cm³/mol. The zero-order chi connectivity index (χ0) is 16.5. The Balaban J connectivity index is 2.78. The Hall–Kier alpha value is -2.63. The molecule has 3 N–H and O–H groups in total. The molecule has 0 aromatic heterocycles. The Labute approximate surface area is 129 Å². The van der Waals surface area contributed by atoms with Crippen molar-refractivity contribution < 1.29 is 19.1 Å². The van der Waals surface area contributed by atoms with Crippen LogP contribution in [0.15, 0.2) is 36.9 Å². The van der Waals surface area contributed by atoms with Gasteiger partial charge in [0.05, 0.1) is 6.61 Å². The van der Waals surface area contributed by atoms with Gasteiger partial charge in [0.1, 0.15) is 6.04 Å². The molecule has 2 amide bonds. The van der Waals surface area contributed by atoms with Crippen LogP contribution in [0.4, 0.5) is 0 Å². The van der Waals surface area contributed by atoms with Gasteiger partial charge in [-0.25, -0.2) is 4.79 Å². The molecule has 1 aromatic rings. The first kappa shape index (κ1) is 17.4. The maximum absolute atomic E-state index is 12.1. The largest absolute Gasteiger partial charge is 0.464 e. The Kier molecular flexibility index (Phi) is 6.82. The number of nitrogens with one attached hydrogen (secondary N) is 1. The molecule has 6 heteroatoms. The van der Waals surface area contributed by atoms with Crippen molar-refractivity contribution in [3.8, 4) is 0 Å². The maximum atomic E-state index is 12.1. The normalized spacial score (nSPS) is 11.3. The van der Waals surface area contributed by atoms with E-state index < -0.39 is 23.8 Å². The van der Waals surface area contributed by atoms with Crippen LogP contribution in [-0.2, 0) is 9.53 Å². The highest BCUT2D eigenvalue weighted by atomic mass is 16.5. The molecule has 0 saturated heterocycles. The molecule has 0 saturated carbocycles. The lowest BCUT2D eigenvalue weighted by Gasteiger charge is -2.16. The lowest BCUT2D eigenvalue weighted by atomic mass is 10.1. The third-order valence-corrected chi connectivity index (χ3v) is 2.97. The summed E-state index contributed by atoms with van der Waals surface area (Å²) in [6.07, 6.45) is 2.65. The Morgan fingerprint density at radius 2 is 1.86 bits per heavy atom. The molecule has 0 aliphatic rings. The van der Waals surface area contributed by atoms with Gasteiger partial charge in [0.15, 0.2) is 0 Å². The smallest absolute Gasteiger partial charge is 0.328 e. The molecular formula is C16H20N2O4. The lowest BCUT2D eigenvalue weighted by Crippen LogP contribution is -2.41. The molecule has 0 fully saturated rings. The van der Waals surface area contributed by atoms with Gasteiger partial charge in [-0.15, -0.1) is 6.58 Å². The molecule has 22 heavy (non-hydrogen) atoms. The average molecular weight is 304 g/mol. The van der Waals surface area contributed by atoms with Crippen LogP contribution >= 0.6 is 0 Å². The highest BCUT2D eigenvalue weighted by Crippen LogP contribution is 2.07. The average Bonchev–Trinajstić information content (AvgIpc) is 2.51. The van der Waals surface area contributed by atoms with Crippen molar-refractivity contribution in [3.63, 3.8) is 0 Å². The van der Waals surface area contributed by atoms with E-state index in [0.717, 1.165) is 0 Å². The summed E-state index contributed by atoms with van der Waals surface area (Å²) in [5.74, 6) is -1.47. The van der Waals surface area contributed by atoms with Crippen LogP contribution in [0, 0.1) is 0 Å². The standard InChI is InChI=1S/C16H20N2O4/c1-3-5-6-13(16(21)22-4-2)18-15(20)12-9-7-11(8-10-12)14(17)19/h3,7-10,13H,1,4-6H2,2H3,(H2,17,19)(H,18,20)/t13-/m0/s1. The van der Waals surface area contributed by atoms with E-state index in [2.05, 4.69) is 11.9 Å². The second-order valence-electron chi connectivity index (χ2n) is 4.59. The third kappa shape index (κ3) is 5.05. The van der Waals surface area contributed by atoms with E-state index in [-0.39, 0.29) is 6.61 Å². The van der Waals surface area contributed by atoms with Gasteiger partial charge in [0.2, 0.25) is 5.91 Å². The number of carbonyl (C=O) groups excluding carboxylic acids is 3. The molecule has 0 aliphatic carbocycles. The van der Waals surface area contributed by atoms with Crippen LogP contribution in [0.1, 0.15) is 40.5 Å². The van der Waals surface area contributed by atoms with E-state index in [1.807, 2.05) is 0 Å². The highest BCUT2D eigenvalue weighted by Gasteiger charge is 2.21. The number of hydrogen-bond donors (Lipinski definition) is 2. The first-order valence-electron chi connectivity index (χ1n) is 6.97. The molecule has 0 aliphatic heterocycles. The minimum Gasteiger partial charge on any atom is -0.464 e. The van der Waals surface area contributed by atoms with Crippen molar-refractivity contribution in [2.24, 2.45) is 5.73 Å². The van der Waals surface area contributed by atoms with Crippen molar-refractivity contribution >= 4 is 17.8 Å². The number of esters is 1. The summed E-state index contributed by atoms with van der Waals surface area (Å²) in [5.41, 5.74) is 5.78. The van der Waals surface area contributed by atoms with Gasteiger partial charge in [-0.2, -0.15) is 0 Å². The molecule has 0 heterocycles. The minimum atomic E-state index is -0.735. The number of rotatable bonds is 8. The van der Waals surface area contributed by atoms with E-state index in [9.17, 15) is 14.4 Å². The van der Waals surface area contributed by atoms with E-state index >= 15 is 0 Å². The van der Waals surface area contributed by atoms with Gasteiger partial charge >= 0.3 is 5.97 Å². The van der Waals surface area contributed by atoms with E-state index in [1.165, 1.54) is 24.3 Å². The predicted octanol–water partition coefficient (Wildman–Crippen LogP) is 1.41. The van der Waals surface area contributed by atoms with Crippen LogP contribution in [0.25, 0.3) is 0 Å². The molecule has 6 nitrogen and oxygen atoms in total. The fraction of sp³-hybridized carbons (Fsp3) is 0.312. The molecule has 0 bridgehead atoms. The maximum Gasteiger partial charge on any atom is 0.328 e. The van der Waals surface area contributed by atoms with E-state index in [4.69, 9.17) is 10.5 Å². The SMILES string of the molecule is C=CCC[C@H](NC(=O)c1ccc(C(N)=O)cc1)C(=O)OCC. The van der Waals surface area contributed by atoms with Crippen LogP contribution in [0.3, 0.4) is 0 Å². The zero-order valence-electron chi connectivity index (χ0n) is 12.5. The fourth-order valence-electron chi connectivity index (χ4n) is 1.80. The van der Waals surface area contributed by atoms with Gasteiger partial charge < -0.3 is 15.8 Å². The first-order valence-corrected chi connectivity index (χ1v) is 6.97. The summed E-state index contributed by atoms with van der Waals surface area (Å²) in [4.78, 5) is 35.0. The van der Waals surface area contributed by atoms with Gasteiger partial charge in [-0.05, 0) is 44.0 Å². The fourth-order valence-corrected chi connectivity index (χ4v) is 1.80. The third-order valence-electron chi connectivity index (χ3n) is 2.97. The monoisotopic (exact) mass is 304 g/mol. The quantitative estimate of drug-likeness (QED) is 0.560. The first-order chi connectivity index (χ1) is 10.5. The van der Waals surface area contributed by atoms with Crippen LogP contribution < -0.4 is 11.1 Å². The molecule has 1 rings (SSSR count). The number of ether oxygens (including phenoxy) is 1. The topological polar surface area (TPSA) is 98.5 Å². The highest BCUT2D eigenvalue weighted by molar-refractivity contribution is 5.98. The van der Waals surface area contributed by atoms with Crippen LogP contribution in [0.2, 0.25) is 0 Å². The molecule has 1 aromatic carbocycles. The number of benzene rings is 1. The summed E-state index contributed by atoms with van der Waals surface area (Å²) in [6.45, 7) is 5.54. The summed E-state index contributed by atoms with van der Waals surface area (Å²) >= 11 is 0. The number of primary amides is 1. The Bertz CT molecular complexity index is 552. The number of allylic oxidation sites excluding steroid dienone is 1. The van der Waals surface area contributed by atoms with Crippen molar-refractivity contribution in [1.82, 2.24) is 5.32 Å². The number of carbonyl (C=O) groups is 3. The molecule has 0 unspecified atom stereocenters. The van der Waals surface area contributed by atoms with Gasteiger partial charge in [0.25, 0.3) is 5.91 Å². The molecule has 0 spiro atoms. The van der Waals surface area contributed by atoms with Gasteiger partial charge in [-0.3, -0.25) is 9.59 Å². The molecule has 118 valence electrons. The van der Waals surface area contributed by atoms with Gasteiger partial charge in [-0.1, -0.05) is 6.08 Å². The minimum absolute atomic E-state index is 0.243. The summed E-state index contributed by atoms with van der Waals surface area (Å²) < 4.78 is 4.94. The van der Waals surface area contributed by atoms with E-state index in [0.29, 0.717) is 24.0 Å². The molecule has 0 radical (unpaired) electrons. The lowest BCUT2D eigenvalue weighted by molar-refractivity contribution is -0.145. The number of nitrogens with two attached hydrogens (primary N) is 1. The number of amides is 2. The molecule has 1 atom stereocenters. The van der Waals surface area contributed by atoms with Gasteiger partial charge in [0, 0.05) is 11.1 Å². The summed E-state index contributed by atoms with van der Waals surface area (Å²) in [5, 5.41) is 2.62. The van der Waals surface area contributed by atoms with Crippen molar-refractivity contribution in [3.05, 3.63) is 48.0 Å². The number of hydrogen-bond acceptors (Lipinski definition) is 4. The Morgan fingerprint density at radius 1 is 1.27 bits per heavy atom.